The number of nitrogens with zero attached hydrogens (tertiary/aromatic N) is 1. The van der Waals surface area contributed by atoms with Gasteiger partial charge in [0.25, 0.3) is 0 Å². The molecule has 0 unspecified atom stereocenters. The molecule has 0 atom stereocenters. The van der Waals surface area contributed by atoms with Gasteiger partial charge < -0.3 is 15.6 Å². The Morgan fingerprint density at radius 3 is 2.95 bits per heavy atom. The van der Waals surface area contributed by atoms with Crippen molar-refractivity contribution in [2.75, 3.05) is 11.9 Å². The van der Waals surface area contributed by atoms with E-state index in [9.17, 15) is 0 Å². The molecule has 0 saturated carbocycles. The van der Waals surface area contributed by atoms with Crippen molar-refractivity contribution >= 4 is 18.0 Å². The van der Waals surface area contributed by atoms with Gasteiger partial charge in [0.1, 0.15) is 5.82 Å². The molecular weight excluding hydrogens is 256 g/mol. The second-order valence-corrected chi connectivity index (χ2v) is 5.00. The Morgan fingerprint density at radius 2 is 2.11 bits per heavy atom. The highest BCUT2D eigenvalue weighted by Gasteiger charge is 2.14. The first kappa shape index (κ1) is 12.3. The minimum absolute atomic E-state index is 0.552. The van der Waals surface area contributed by atoms with Crippen LogP contribution in [0.3, 0.4) is 0 Å². The second kappa shape index (κ2) is 5.50. The van der Waals surface area contributed by atoms with Crippen molar-refractivity contribution < 1.29 is 0 Å². The number of anilines is 1. The van der Waals surface area contributed by atoms with Gasteiger partial charge in [-0.1, -0.05) is 30.3 Å². The van der Waals surface area contributed by atoms with Gasteiger partial charge >= 0.3 is 0 Å². The van der Waals surface area contributed by atoms with Crippen molar-refractivity contribution in [2.24, 2.45) is 0 Å². The van der Waals surface area contributed by atoms with E-state index in [1.807, 2.05) is 18.2 Å². The molecule has 3 rings (SSSR count). The summed E-state index contributed by atoms with van der Waals surface area (Å²) < 4.78 is 0.552. The predicted octanol–water partition coefficient (Wildman–Crippen LogP) is 2.40. The van der Waals surface area contributed by atoms with Crippen LogP contribution in [0.4, 0.5) is 5.82 Å². The lowest BCUT2D eigenvalue weighted by molar-refractivity contribution is 0.625. The van der Waals surface area contributed by atoms with Gasteiger partial charge in [-0.3, -0.25) is 0 Å². The average molecular weight is 272 g/mol. The van der Waals surface area contributed by atoms with E-state index in [0.29, 0.717) is 4.77 Å². The highest BCUT2D eigenvalue weighted by molar-refractivity contribution is 7.71. The molecule has 1 aromatic carbocycles. The lowest BCUT2D eigenvalue weighted by Gasteiger charge is -2.20. The van der Waals surface area contributed by atoms with Crippen molar-refractivity contribution in [2.45, 2.75) is 19.5 Å². The Hall–Kier alpha value is -1.72. The molecule has 1 aromatic heterocycles. The molecular formula is C14H16N4S. The largest absolute Gasteiger partial charge is 0.366 e. The zero-order valence-electron chi connectivity index (χ0n) is 10.6. The van der Waals surface area contributed by atoms with Crippen molar-refractivity contribution in [1.29, 1.82) is 0 Å². The Balaban J connectivity index is 1.84. The average Bonchev–Trinajstić information content (AvgIpc) is 2.45. The second-order valence-electron chi connectivity index (χ2n) is 4.61. The Labute approximate surface area is 117 Å². The van der Waals surface area contributed by atoms with Crippen LogP contribution >= 0.6 is 12.2 Å². The van der Waals surface area contributed by atoms with Crippen LogP contribution in [-0.2, 0) is 19.5 Å². The van der Waals surface area contributed by atoms with Gasteiger partial charge in [-0.25, -0.2) is 4.98 Å². The van der Waals surface area contributed by atoms with E-state index in [2.05, 4.69) is 32.7 Å². The highest BCUT2D eigenvalue weighted by atomic mass is 32.1. The third-order valence-corrected chi connectivity index (χ3v) is 3.47. The summed E-state index contributed by atoms with van der Waals surface area (Å²) in [7, 11) is 0. The van der Waals surface area contributed by atoms with Gasteiger partial charge in [0.2, 0.25) is 0 Å². The molecule has 0 saturated heterocycles. The predicted molar refractivity (Wildman–Crippen MR) is 78.6 cm³/mol. The Morgan fingerprint density at radius 1 is 1.26 bits per heavy atom. The summed E-state index contributed by atoms with van der Waals surface area (Å²) in [6.07, 6.45) is 0.974. The van der Waals surface area contributed by atoms with Gasteiger partial charge in [0.05, 0.1) is 0 Å². The zero-order chi connectivity index (χ0) is 13.1. The van der Waals surface area contributed by atoms with Gasteiger partial charge in [0, 0.05) is 37.3 Å². The third kappa shape index (κ3) is 2.83. The molecule has 1 aliphatic rings. The summed E-state index contributed by atoms with van der Waals surface area (Å²) in [4.78, 5) is 7.60. The quantitative estimate of drug-likeness (QED) is 0.751. The van der Waals surface area contributed by atoms with E-state index >= 15 is 0 Å². The van der Waals surface area contributed by atoms with Crippen molar-refractivity contribution in [3.63, 3.8) is 0 Å². The van der Waals surface area contributed by atoms with Gasteiger partial charge in [-0.05, 0) is 17.8 Å². The fraction of sp³-hybridized carbons (Fsp3) is 0.286. The summed E-state index contributed by atoms with van der Waals surface area (Å²) in [5, 5.41) is 6.76. The van der Waals surface area contributed by atoms with Crippen LogP contribution in [0.15, 0.2) is 30.3 Å². The van der Waals surface area contributed by atoms with Crippen molar-refractivity contribution in [3.05, 3.63) is 51.9 Å². The molecule has 0 bridgehead atoms. The molecule has 0 aliphatic carbocycles. The maximum Gasteiger partial charge on any atom is 0.198 e. The lowest BCUT2D eigenvalue weighted by atomic mass is 10.1. The molecule has 98 valence electrons. The SMILES string of the molecule is S=c1nc(NCc2ccccc2)c2c([nH]1)CCNC2. The number of benzene rings is 1. The molecule has 0 radical (unpaired) electrons. The summed E-state index contributed by atoms with van der Waals surface area (Å²) in [5.41, 5.74) is 3.64. The summed E-state index contributed by atoms with van der Waals surface area (Å²) in [6.45, 7) is 2.59. The molecule has 3 N–H and O–H groups in total. The van der Waals surface area contributed by atoms with E-state index in [1.165, 1.54) is 16.8 Å². The summed E-state index contributed by atoms with van der Waals surface area (Å²) >= 11 is 5.19. The highest BCUT2D eigenvalue weighted by Crippen LogP contribution is 2.19. The number of hydrogen-bond acceptors (Lipinski definition) is 4. The van der Waals surface area contributed by atoms with Gasteiger partial charge in [-0.15, -0.1) is 0 Å². The first-order valence-electron chi connectivity index (χ1n) is 6.43. The van der Waals surface area contributed by atoms with E-state index in [-0.39, 0.29) is 0 Å². The fourth-order valence-electron chi connectivity index (χ4n) is 2.30. The van der Waals surface area contributed by atoms with E-state index in [0.717, 1.165) is 31.9 Å². The minimum atomic E-state index is 0.552. The topological polar surface area (TPSA) is 52.7 Å². The van der Waals surface area contributed by atoms with Gasteiger partial charge in [-0.2, -0.15) is 0 Å². The van der Waals surface area contributed by atoms with Crippen LogP contribution in [0.2, 0.25) is 0 Å². The molecule has 5 heteroatoms. The summed E-state index contributed by atoms with van der Waals surface area (Å²) in [6, 6.07) is 10.3. The molecule has 4 nitrogen and oxygen atoms in total. The van der Waals surface area contributed by atoms with Crippen LogP contribution in [0.25, 0.3) is 0 Å². The van der Waals surface area contributed by atoms with Crippen LogP contribution < -0.4 is 10.6 Å². The van der Waals surface area contributed by atoms with Crippen molar-refractivity contribution in [1.82, 2.24) is 15.3 Å². The number of fused-ring (bicyclic) bond motifs is 1. The first-order chi connectivity index (χ1) is 9.33. The minimum Gasteiger partial charge on any atom is -0.366 e. The zero-order valence-corrected chi connectivity index (χ0v) is 11.4. The molecule has 2 aromatic rings. The monoisotopic (exact) mass is 272 g/mol. The number of rotatable bonds is 3. The molecule has 0 amide bonds. The first-order valence-corrected chi connectivity index (χ1v) is 6.84. The number of H-pyrrole nitrogens is 1. The summed E-state index contributed by atoms with van der Waals surface area (Å²) in [5.74, 6) is 0.898. The fourth-order valence-corrected chi connectivity index (χ4v) is 2.52. The van der Waals surface area contributed by atoms with E-state index in [4.69, 9.17) is 12.2 Å². The third-order valence-electron chi connectivity index (χ3n) is 3.28. The number of nitrogens with one attached hydrogen (secondary N) is 3. The number of aromatic amines is 1. The Kier molecular flexibility index (Phi) is 3.57. The van der Waals surface area contributed by atoms with Crippen LogP contribution in [0, 0.1) is 4.77 Å². The normalized spacial score (nSPS) is 13.9. The molecule has 0 spiro atoms. The van der Waals surface area contributed by atoms with Gasteiger partial charge in [0.15, 0.2) is 4.77 Å². The molecule has 19 heavy (non-hydrogen) atoms. The van der Waals surface area contributed by atoms with Crippen LogP contribution in [0.5, 0.6) is 0 Å². The smallest absolute Gasteiger partial charge is 0.198 e. The maximum absolute atomic E-state index is 5.19. The number of hydrogen-bond donors (Lipinski definition) is 3. The van der Waals surface area contributed by atoms with E-state index < -0.39 is 0 Å². The maximum atomic E-state index is 5.19. The van der Waals surface area contributed by atoms with Crippen molar-refractivity contribution in [3.8, 4) is 0 Å². The molecule has 0 fully saturated rings. The molecule has 1 aliphatic heterocycles. The van der Waals surface area contributed by atoms with Crippen LogP contribution in [0.1, 0.15) is 16.8 Å². The molecule has 2 heterocycles. The lowest BCUT2D eigenvalue weighted by Crippen LogP contribution is -2.26. The standard InChI is InChI=1S/C14H16N4S/c19-14-17-12-6-7-15-9-11(12)13(18-14)16-8-10-4-2-1-3-5-10/h1-5,15H,6-9H2,(H2,16,17,18,19). The number of aromatic nitrogens is 2. The van der Waals surface area contributed by atoms with Crippen LogP contribution in [-0.4, -0.2) is 16.5 Å². The Bertz CT molecular complexity index is 621. The van der Waals surface area contributed by atoms with E-state index in [1.54, 1.807) is 0 Å².